The number of benzene rings is 1. The third-order valence-electron chi connectivity index (χ3n) is 3.81. The Morgan fingerprint density at radius 2 is 1.77 bits per heavy atom. The van der Waals surface area contributed by atoms with Crippen LogP contribution in [0.2, 0.25) is 0 Å². The molecule has 1 saturated carbocycles. The molecule has 1 aromatic rings. The topological polar surface area (TPSA) is 103 Å². The molecule has 1 aromatic carbocycles. The normalized spacial score (nSPS) is 17.8. The molecule has 26 heavy (non-hydrogen) atoms. The summed E-state index contributed by atoms with van der Waals surface area (Å²) in [5.41, 5.74) is 0.436. The summed E-state index contributed by atoms with van der Waals surface area (Å²) in [5, 5.41) is 4.63. The second kappa shape index (κ2) is 9.07. The number of hydrogen-bond acceptors (Lipinski definition) is 6. The Kier molecular flexibility index (Phi) is 6.82. The lowest BCUT2D eigenvalue weighted by molar-refractivity contribution is -0.149. The van der Waals surface area contributed by atoms with Crippen LogP contribution in [-0.2, 0) is 14.3 Å². The van der Waals surface area contributed by atoms with Crippen molar-refractivity contribution in [3.05, 3.63) is 18.2 Å². The van der Waals surface area contributed by atoms with Crippen molar-refractivity contribution in [1.29, 1.82) is 0 Å². The molecule has 0 spiro atoms. The number of urea groups is 1. The smallest absolute Gasteiger partial charge is 0.325 e. The molecule has 0 bridgehead atoms. The Bertz CT molecular complexity index is 676. The van der Waals surface area contributed by atoms with E-state index in [0.29, 0.717) is 36.3 Å². The van der Waals surface area contributed by atoms with Crippen LogP contribution in [-0.4, -0.2) is 37.7 Å². The predicted octanol–water partition coefficient (Wildman–Crippen LogP) is 2.33. The second-order valence-electron chi connectivity index (χ2n) is 5.96. The summed E-state index contributed by atoms with van der Waals surface area (Å²) in [5.74, 6) is 0.134. The van der Waals surface area contributed by atoms with E-state index >= 15 is 0 Å². The summed E-state index contributed by atoms with van der Waals surface area (Å²) in [6.45, 7) is 6.08. The molecule has 0 radical (unpaired) electrons. The molecule has 2 N–H and O–H groups in total. The van der Waals surface area contributed by atoms with Gasteiger partial charge in [0.15, 0.2) is 18.1 Å². The Labute approximate surface area is 152 Å². The fraction of sp³-hybridized carbons (Fsp3) is 0.500. The quantitative estimate of drug-likeness (QED) is 0.686. The number of esters is 1. The fourth-order valence-electron chi connectivity index (χ4n) is 2.35. The lowest BCUT2D eigenvalue weighted by atomic mass is 10.2. The number of rotatable bonds is 8. The Morgan fingerprint density at radius 3 is 2.38 bits per heavy atom. The van der Waals surface area contributed by atoms with Crippen LogP contribution >= 0.6 is 0 Å². The highest BCUT2D eigenvalue weighted by Gasteiger charge is 2.40. The second-order valence-corrected chi connectivity index (χ2v) is 5.96. The van der Waals surface area contributed by atoms with E-state index < -0.39 is 24.5 Å². The van der Waals surface area contributed by atoms with Crippen LogP contribution in [0.4, 0.5) is 10.5 Å². The number of carbonyl (C=O) groups excluding carboxylic acids is 3. The van der Waals surface area contributed by atoms with Gasteiger partial charge >= 0.3 is 12.0 Å². The summed E-state index contributed by atoms with van der Waals surface area (Å²) in [6.07, 6.45) is 0.779. The zero-order chi connectivity index (χ0) is 19.1. The molecule has 0 heterocycles. The number of carbonyl (C=O) groups is 3. The molecular formula is C18H24N2O6. The van der Waals surface area contributed by atoms with Gasteiger partial charge in [0.05, 0.1) is 19.1 Å². The maximum atomic E-state index is 11.9. The highest BCUT2D eigenvalue weighted by Crippen LogP contribution is 2.38. The van der Waals surface area contributed by atoms with E-state index in [4.69, 9.17) is 14.2 Å². The molecule has 8 heteroatoms. The van der Waals surface area contributed by atoms with Crippen molar-refractivity contribution in [3.8, 4) is 11.5 Å². The van der Waals surface area contributed by atoms with Crippen LogP contribution in [0, 0.1) is 11.8 Å². The molecule has 0 unspecified atom stereocenters. The van der Waals surface area contributed by atoms with Gasteiger partial charge < -0.3 is 19.5 Å². The van der Waals surface area contributed by atoms with Gasteiger partial charge in [-0.1, -0.05) is 6.92 Å². The summed E-state index contributed by atoms with van der Waals surface area (Å²) >= 11 is 0. The molecule has 0 aliphatic heterocycles. The largest absolute Gasteiger partial charge is 0.490 e. The van der Waals surface area contributed by atoms with Crippen molar-refractivity contribution in [2.75, 3.05) is 25.1 Å². The maximum absolute atomic E-state index is 11.9. The number of anilines is 1. The van der Waals surface area contributed by atoms with Crippen molar-refractivity contribution >= 4 is 23.6 Å². The maximum Gasteiger partial charge on any atom is 0.325 e. The first-order valence-corrected chi connectivity index (χ1v) is 8.61. The van der Waals surface area contributed by atoms with E-state index in [2.05, 4.69) is 10.6 Å². The summed E-state index contributed by atoms with van der Waals surface area (Å²) < 4.78 is 15.8. The monoisotopic (exact) mass is 364 g/mol. The lowest BCUT2D eigenvalue weighted by Gasteiger charge is -2.13. The van der Waals surface area contributed by atoms with E-state index in [9.17, 15) is 14.4 Å². The molecular weight excluding hydrogens is 340 g/mol. The highest BCUT2D eigenvalue weighted by molar-refractivity contribution is 6.02. The Morgan fingerprint density at radius 1 is 1.12 bits per heavy atom. The van der Waals surface area contributed by atoms with E-state index in [-0.39, 0.29) is 5.92 Å². The van der Waals surface area contributed by atoms with Gasteiger partial charge in [0.25, 0.3) is 5.91 Å². The third-order valence-corrected chi connectivity index (χ3v) is 3.81. The van der Waals surface area contributed by atoms with Gasteiger partial charge in [0.2, 0.25) is 0 Å². The molecule has 3 amide bonds. The molecule has 0 saturated heterocycles. The highest BCUT2D eigenvalue weighted by atomic mass is 16.5. The van der Waals surface area contributed by atoms with Gasteiger partial charge in [-0.15, -0.1) is 0 Å². The summed E-state index contributed by atoms with van der Waals surface area (Å²) in [6, 6.07) is 4.18. The van der Waals surface area contributed by atoms with Crippen LogP contribution in [0.25, 0.3) is 0 Å². The zero-order valence-electron chi connectivity index (χ0n) is 15.2. The molecule has 1 aliphatic carbocycles. The van der Waals surface area contributed by atoms with Gasteiger partial charge in [-0.25, -0.2) is 4.79 Å². The van der Waals surface area contributed by atoms with Gasteiger partial charge in [0, 0.05) is 11.8 Å². The summed E-state index contributed by atoms with van der Waals surface area (Å²) in [4.78, 5) is 35.1. The van der Waals surface area contributed by atoms with Gasteiger partial charge in [-0.05, 0) is 38.3 Å². The van der Waals surface area contributed by atoms with E-state index in [1.54, 1.807) is 18.2 Å². The number of amides is 3. The first-order valence-electron chi connectivity index (χ1n) is 8.61. The van der Waals surface area contributed by atoms with Gasteiger partial charge in [0.1, 0.15) is 0 Å². The number of nitrogens with one attached hydrogen (secondary N) is 2. The van der Waals surface area contributed by atoms with Crippen LogP contribution in [0.1, 0.15) is 27.2 Å². The van der Waals surface area contributed by atoms with Crippen molar-refractivity contribution in [3.63, 3.8) is 0 Å². The van der Waals surface area contributed by atoms with Crippen LogP contribution < -0.4 is 20.1 Å². The number of imide groups is 1. The SMILES string of the molecule is CCOc1ccc(NC(=O)NC(=O)COC(=O)[C@@H]2C[C@H]2C)cc1OCC. The summed E-state index contributed by atoms with van der Waals surface area (Å²) in [7, 11) is 0. The number of hydrogen-bond donors (Lipinski definition) is 2. The molecule has 8 nitrogen and oxygen atoms in total. The van der Waals surface area contributed by atoms with Gasteiger partial charge in [-0.2, -0.15) is 0 Å². The van der Waals surface area contributed by atoms with Crippen LogP contribution in [0.5, 0.6) is 11.5 Å². The van der Waals surface area contributed by atoms with Crippen LogP contribution in [0.3, 0.4) is 0 Å². The minimum Gasteiger partial charge on any atom is -0.490 e. The average molecular weight is 364 g/mol. The molecule has 2 rings (SSSR count). The van der Waals surface area contributed by atoms with E-state index in [1.165, 1.54) is 0 Å². The van der Waals surface area contributed by atoms with Crippen LogP contribution in [0.15, 0.2) is 18.2 Å². The predicted molar refractivity (Wildman–Crippen MR) is 94.2 cm³/mol. The first kappa shape index (κ1) is 19.6. The third kappa shape index (κ3) is 5.65. The molecule has 1 fully saturated rings. The molecule has 1 aliphatic rings. The zero-order valence-corrected chi connectivity index (χ0v) is 15.2. The Hall–Kier alpha value is -2.77. The lowest BCUT2D eigenvalue weighted by Crippen LogP contribution is -2.37. The molecule has 0 aromatic heterocycles. The van der Waals surface area contributed by atoms with Gasteiger partial charge in [-0.3, -0.25) is 14.9 Å². The minimum absolute atomic E-state index is 0.127. The first-order chi connectivity index (χ1) is 12.4. The minimum atomic E-state index is -0.725. The number of ether oxygens (including phenoxy) is 3. The Balaban J connectivity index is 1.83. The van der Waals surface area contributed by atoms with Crippen molar-refractivity contribution in [2.45, 2.75) is 27.2 Å². The average Bonchev–Trinajstić information content (AvgIpc) is 3.32. The standard InChI is InChI=1S/C18H24N2O6/c1-4-24-14-7-6-12(9-15(14)25-5-2)19-18(23)20-16(21)10-26-17(22)13-8-11(13)3/h6-7,9,11,13H,4-5,8,10H2,1-3H3,(H2,19,20,21,23)/t11-,13-/m1/s1. The van der Waals surface area contributed by atoms with Crippen molar-refractivity contribution < 1.29 is 28.6 Å². The van der Waals surface area contributed by atoms with Crippen molar-refractivity contribution in [2.24, 2.45) is 11.8 Å². The fourth-order valence-corrected chi connectivity index (χ4v) is 2.35. The molecule has 142 valence electrons. The molecule has 2 atom stereocenters. The van der Waals surface area contributed by atoms with E-state index in [1.807, 2.05) is 20.8 Å². The van der Waals surface area contributed by atoms with E-state index in [0.717, 1.165) is 6.42 Å². The van der Waals surface area contributed by atoms with Crippen molar-refractivity contribution in [1.82, 2.24) is 5.32 Å².